The highest BCUT2D eigenvalue weighted by atomic mass is 32.2. The van der Waals surface area contributed by atoms with Crippen molar-refractivity contribution in [2.24, 2.45) is 5.41 Å². The summed E-state index contributed by atoms with van der Waals surface area (Å²) in [4.78, 5) is 18.7. The standard InChI is InChI=1S/C15H19N3O2S2.2CH2O/c1-15(2)10-3-4-13(9-11-15)17-22(19,20)14-7-5-12(6-8-14)16-18-21;2*1-2/h3-11,16-18,21H,1-2H3;2*1H2. The smallest absolute Gasteiger partial charge is 0.261 e. The zero-order chi connectivity index (χ0) is 20.2. The molecule has 1 aromatic rings. The van der Waals surface area contributed by atoms with E-state index >= 15 is 0 Å². The first-order valence-electron chi connectivity index (χ1n) is 7.27. The Kier molecular flexibility index (Phi) is 10.3. The predicted molar refractivity (Wildman–Crippen MR) is 107 cm³/mol. The molecule has 0 bridgehead atoms. The fourth-order valence-electron chi connectivity index (χ4n) is 1.88. The van der Waals surface area contributed by atoms with Gasteiger partial charge in [-0.3, -0.25) is 4.72 Å². The Bertz CT molecular complexity index is 753. The minimum Gasteiger partial charge on any atom is -0.312 e. The number of nitrogens with one attached hydrogen (secondary N) is 3. The summed E-state index contributed by atoms with van der Waals surface area (Å²) >= 11 is 3.81. The van der Waals surface area contributed by atoms with Crippen LogP contribution in [0.15, 0.2) is 65.2 Å². The lowest BCUT2D eigenvalue weighted by molar-refractivity contribution is -0.0987. The summed E-state index contributed by atoms with van der Waals surface area (Å²) in [6.45, 7) is 8.10. The van der Waals surface area contributed by atoms with E-state index in [0.717, 1.165) is 0 Å². The summed E-state index contributed by atoms with van der Waals surface area (Å²) in [6.07, 6.45) is 9.33. The van der Waals surface area contributed by atoms with Crippen molar-refractivity contribution >= 4 is 42.1 Å². The van der Waals surface area contributed by atoms with Crippen molar-refractivity contribution in [2.45, 2.75) is 18.7 Å². The van der Waals surface area contributed by atoms with E-state index in [2.05, 4.69) is 27.8 Å². The van der Waals surface area contributed by atoms with Gasteiger partial charge < -0.3 is 15.0 Å². The molecule has 1 aliphatic carbocycles. The van der Waals surface area contributed by atoms with Crippen molar-refractivity contribution in [2.75, 3.05) is 5.43 Å². The molecule has 3 N–H and O–H groups in total. The molecule has 0 aliphatic heterocycles. The third-order valence-corrected chi connectivity index (χ3v) is 4.62. The van der Waals surface area contributed by atoms with Gasteiger partial charge in [-0.25, -0.2) is 8.42 Å². The number of carbonyl (C=O) groups is 2. The number of sulfonamides is 1. The summed E-state index contributed by atoms with van der Waals surface area (Å²) in [5.41, 5.74) is 3.90. The molecule has 26 heavy (non-hydrogen) atoms. The topological polar surface area (TPSA) is 104 Å². The fourth-order valence-corrected chi connectivity index (χ4v) is 3.07. The van der Waals surface area contributed by atoms with E-state index in [-0.39, 0.29) is 10.3 Å². The Morgan fingerprint density at radius 1 is 1.00 bits per heavy atom. The van der Waals surface area contributed by atoms with Gasteiger partial charge in [0.25, 0.3) is 10.0 Å². The largest absolute Gasteiger partial charge is 0.312 e. The van der Waals surface area contributed by atoms with Crippen molar-refractivity contribution in [3.63, 3.8) is 0 Å². The number of benzene rings is 1. The number of allylic oxidation sites excluding steroid dienone is 5. The number of hydrazine groups is 1. The molecule has 0 fully saturated rings. The highest BCUT2D eigenvalue weighted by molar-refractivity contribution is 7.89. The first-order valence-corrected chi connectivity index (χ1v) is 9.20. The number of anilines is 1. The Hall–Kier alpha value is -2.36. The quantitative estimate of drug-likeness (QED) is 0.449. The van der Waals surface area contributed by atoms with Gasteiger partial charge in [-0.2, -0.15) is 4.83 Å². The normalized spacial score (nSPS) is 14.5. The van der Waals surface area contributed by atoms with Crippen LogP contribution in [0, 0.1) is 5.41 Å². The van der Waals surface area contributed by atoms with Crippen LogP contribution in [-0.2, 0) is 19.6 Å². The second kappa shape index (κ2) is 11.3. The third kappa shape index (κ3) is 7.68. The highest BCUT2D eigenvalue weighted by Crippen LogP contribution is 2.22. The molecule has 0 saturated heterocycles. The van der Waals surface area contributed by atoms with Gasteiger partial charge in [0, 0.05) is 16.8 Å². The molecule has 7 nitrogen and oxygen atoms in total. The molecule has 0 amide bonds. The molecule has 0 unspecified atom stereocenters. The Morgan fingerprint density at radius 3 is 2.12 bits per heavy atom. The van der Waals surface area contributed by atoms with Crippen LogP contribution < -0.4 is 15.0 Å². The van der Waals surface area contributed by atoms with Crippen molar-refractivity contribution in [3.8, 4) is 0 Å². The molecule has 0 aromatic heterocycles. The Labute approximate surface area is 159 Å². The summed E-state index contributed by atoms with van der Waals surface area (Å²) in [5, 5.41) is 0. The zero-order valence-electron chi connectivity index (χ0n) is 14.6. The van der Waals surface area contributed by atoms with Crippen molar-refractivity contribution in [1.29, 1.82) is 0 Å². The van der Waals surface area contributed by atoms with Crippen molar-refractivity contribution in [1.82, 2.24) is 9.55 Å². The Balaban J connectivity index is 0.00000146. The van der Waals surface area contributed by atoms with E-state index < -0.39 is 10.0 Å². The third-order valence-electron chi connectivity index (χ3n) is 3.11. The maximum absolute atomic E-state index is 12.4. The number of hydrogen-bond donors (Lipinski definition) is 4. The molecule has 2 rings (SSSR count). The van der Waals surface area contributed by atoms with E-state index in [4.69, 9.17) is 9.59 Å². The molecular formula is C17H23N3O4S2. The van der Waals surface area contributed by atoms with Crippen LogP contribution >= 0.6 is 12.8 Å². The zero-order valence-corrected chi connectivity index (χ0v) is 16.3. The molecule has 0 heterocycles. The molecule has 1 aromatic carbocycles. The molecule has 0 atom stereocenters. The van der Waals surface area contributed by atoms with E-state index in [1.54, 1.807) is 24.3 Å². The molecule has 142 valence electrons. The fraction of sp³-hybridized carbons (Fsp3) is 0.176. The minimum absolute atomic E-state index is 0.100. The van der Waals surface area contributed by atoms with Gasteiger partial charge in [0.05, 0.1) is 4.90 Å². The second-order valence-corrected chi connectivity index (χ2v) is 7.41. The first kappa shape index (κ1) is 23.6. The average Bonchev–Trinajstić information content (AvgIpc) is 2.79. The van der Waals surface area contributed by atoms with Crippen LogP contribution in [0.5, 0.6) is 0 Å². The highest BCUT2D eigenvalue weighted by Gasteiger charge is 2.16. The molecular weight excluding hydrogens is 374 g/mol. The lowest BCUT2D eigenvalue weighted by Crippen LogP contribution is -2.22. The number of carbonyl (C=O) groups excluding carboxylic acids is 2. The second-order valence-electron chi connectivity index (χ2n) is 5.50. The van der Waals surface area contributed by atoms with Crippen molar-refractivity contribution < 1.29 is 18.0 Å². The number of rotatable bonds is 5. The van der Waals surface area contributed by atoms with Crippen LogP contribution in [-0.4, -0.2) is 22.0 Å². The lowest BCUT2D eigenvalue weighted by Gasteiger charge is -2.13. The van der Waals surface area contributed by atoms with Gasteiger partial charge in [0.2, 0.25) is 0 Å². The summed E-state index contributed by atoms with van der Waals surface area (Å²) in [5.74, 6) is 0. The summed E-state index contributed by atoms with van der Waals surface area (Å²) in [6, 6.07) is 6.35. The van der Waals surface area contributed by atoms with Gasteiger partial charge in [-0.15, -0.1) is 0 Å². The van der Waals surface area contributed by atoms with E-state index in [0.29, 0.717) is 11.4 Å². The predicted octanol–water partition coefficient (Wildman–Crippen LogP) is 2.39. The lowest BCUT2D eigenvalue weighted by atomic mass is 9.93. The average molecular weight is 398 g/mol. The van der Waals surface area contributed by atoms with Crippen LogP contribution in [0.4, 0.5) is 5.69 Å². The molecule has 0 spiro atoms. The first-order chi connectivity index (χ1) is 12.3. The van der Waals surface area contributed by atoms with Crippen LogP contribution in [0.1, 0.15) is 13.8 Å². The van der Waals surface area contributed by atoms with E-state index in [1.807, 2.05) is 45.7 Å². The van der Waals surface area contributed by atoms with Gasteiger partial charge in [-0.1, -0.05) is 44.9 Å². The van der Waals surface area contributed by atoms with Crippen LogP contribution in [0.2, 0.25) is 0 Å². The maximum atomic E-state index is 12.4. The van der Waals surface area contributed by atoms with Gasteiger partial charge in [0.15, 0.2) is 0 Å². The molecule has 0 saturated carbocycles. The monoisotopic (exact) mass is 397 g/mol. The van der Waals surface area contributed by atoms with E-state index in [1.165, 1.54) is 12.1 Å². The summed E-state index contributed by atoms with van der Waals surface area (Å²) < 4.78 is 27.3. The SMILES string of the molecule is C=O.C=O.CC1(C)C=CC=C(NS(=O)(=O)c2ccc(NNS)cc2)C=C1. The maximum Gasteiger partial charge on any atom is 0.261 e. The van der Waals surface area contributed by atoms with Gasteiger partial charge in [-0.05, 0) is 36.4 Å². The number of hydrogen-bond acceptors (Lipinski definition) is 7. The molecule has 9 heteroatoms. The van der Waals surface area contributed by atoms with Crippen molar-refractivity contribution in [3.05, 3.63) is 60.3 Å². The Morgan fingerprint density at radius 2 is 1.58 bits per heavy atom. The molecule has 1 aliphatic rings. The molecule has 0 radical (unpaired) electrons. The van der Waals surface area contributed by atoms with Gasteiger partial charge >= 0.3 is 0 Å². The van der Waals surface area contributed by atoms with Crippen LogP contribution in [0.3, 0.4) is 0 Å². The summed E-state index contributed by atoms with van der Waals surface area (Å²) in [7, 11) is -3.62. The minimum atomic E-state index is -3.62. The number of thiol groups is 1. The van der Waals surface area contributed by atoms with Gasteiger partial charge in [0.1, 0.15) is 13.6 Å². The van der Waals surface area contributed by atoms with Crippen LogP contribution in [0.25, 0.3) is 0 Å². The van der Waals surface area contributed by atoms with E-state index in [9.17, 15) is 8.42 Å².